The summed E-state index contributed by atoms with van der Waals surface area (Å²) in [6.45, 7) is 2.14. The summed E-state index contributed by atoms with van der Waals surface area (Å²) in [5, 5.41) is 11.2. The molecule has 1 fully saturated rings. The van der Waals surface area contributed by atoms with E-state index in [-0.39, 0.29) is 16.7 Å². The average Bonchev–Trinajstić information content (AvgIpc) is 2.72. The molecule has 0 atom stereocenters. The number of esters is 1. The van der Waals surface area contributed by atoms with Crippen LogP contribution in [0.3, 0.4) is 0 Å². The molecule has 2 aromatic carbocycles. The van der Waals surface area contributed by atoms with Gasteiger partial charge in [0.25, 0.3) is 5.69 Å². The van der Waals surface area contributed by atoms with Crippen LogP contribution in [0, 0.1) is 16.0 Å². The molecular weight excluding hydrogens is 380 g/mol. The number of hydrogen-bond donors (Lipinski definition) is 0. The first kappa shape index (κ1) is 20.1. The lowest BCUT2D eigenvalue weighted by atomic mass is 9.92. The number of anilines is 1. The molecule has 0 aliphatic carbocycles. The number of rotatable bonds is 7. The Balaban J connectivity index is 1.40. The average molecular weight is 403 g/mol. The van der Waals surface area contributed by atoms with Crippen LogP contribution in [0.5, 0.6) is 0 Å². The summed E-state index contributed by atoms with van der Waals surface area (Å²) in [5.74, 6) is 0.300. The fourth-order valence-electron chi connectivity index (χ4n) is 3.51. The number of halogens is 1. The molecule has 2 aromatic rings. The van der Waals surface area contributed by atoms with Gasteiger partial charge in [-0.2, -0.15) is 0 Å². The maximum Gasteiger partial charge on any atom is 0.338 e. The summed E-state index contributed by atoms with van der Waals surface area (Å²) in [4.78, 5) is 24.7. The normalized spacial score (nSPS) is 14.7. The van der Waals surface area contributed by atoms with Gasteiger partial charge in [0.05, 0.1) is 17.1 Å². The van der Waals surface area contributed by atoms with Crippen molar-refractivity contribution in [3.05, 3.63) is 69.2 Å². The van der Waals surface area contributed by atoms with Crippen LogP contribution in [-0.4, -0.2) is 30.6 Å². The zero-order valence-corrected chi connectivity index (χ0v) is 16.3. The smallest absolute Gasteiger partial charge is 0.338 e. The molecule has 0 spiro atoms. The molecule has 148 valence electrons. The molecule has 1 heterocycles. The standard InChI is InChI=1S/C21H23ClN2O4/c22-19-9-8-18(15-20(19)24(26)27)23-12-10-16(11-13-23)5-4-14-28-21(25)17-6-2-1-3-7-17/h1-3,6-9,15-16H,4-5,10-14H2. The first-order valence-corrected chi connectivity index (χ1v) is 9.83. The van der Waals surface area contributed by atoms with Crippen molar-refractivity contribution < 1.29 is 14.5 Å². The van der Waals surface area contributed by atoms with Crippen molar-refractivity contribution >= 4 is 28.9 Å². The Morgan fingerprint density at radius 3 is 2.57 bits per heavy atom. The summed E-state index contributed by atoms with van der Waals surface area (Å²) >= 11 is 5.89. The van der Waals surface area contributed by atoms with Crippen LogP contribution in [0.15, 0.2) is 48.5 Å². The first-order chi connectivity index (χ1) is 13.5. The second-order valence-electron chi connectivity index (χ2n) is 6.97. The van der Waals surface area contributed by atoms with Crippen LogP contribution < -0.4 is 4.90 Å². The minimum atomic E-state index is -0.449. The van der Waals surface area contributed by atoms with Gasteiger partial charge in [0.2, 0.25) is 0 Å². The molecule has 0 aromatic heterocycles. The Labute approximate surface area is 169 Å². The van der Waals surface area contributed by atoms with E-state index >= 15 is 0 Å². The summed E-state index contributed by atoms with van der Waals surface area (Å²) < 4.78 is 5.33. The van der Waals surface area contributed by atoms with Crippen molar-refractivity contribution in [3.63, 3.8) is 0 Å². The van der Waals surface area contributed by atoms with Gasteiger partial charge in [0, 0.05) is 24.8 Å². The Morgan fingerprint density at radius 1 is 1.18 bits per heavy atom. The lowest BCUT2D eigenvalue weighted by molar-refractivity contribution is -0.384. The van der Waals surface area contributed by atoms with Gasteiger partial charge in [0.1, 0.15) is 5.02 Å². The molecular formula is C21H23ClN2O4. The maximum atomic E-state index is 11.9. The fraction of sp³-hybridized carbons (Fsp3) is 0.381. The van der Waals surface area contributed by atoms with Crippen molar-refractivity contribution in [3.8, 4) is 0 Å². The monoisotopic (exact) mass is 402 g/mol. The third-order valence-electron chi connectivity index (χ3n) is 5.11. The van der Waals surface area contributed by atoms with Crippen LogP contribution >= 0.6 is 11.6 Å². The minimum Gasteiger partial charge on any atom is -0.462 e. The number of carbonyl (C=O) groups is 1. The largest absolute Gasteiger partial charge is 0.462 e. The van der Waals surface area contributed by atoms with Crippen LogP contribution in [0.4, 0.5) is 11.4 Å². The SMILES string of the molecule is O=C(OCCCC1CCN(c2ccc(Cl)c([N+](=O)[O-])c2)CC1)c1ccccc1. The molecule has 6 nitrogen and oxygen atoms in total. The van der Waals surface area contributed by atoms with Crippen LogP contribution in [0.1, 0.15) is 36.0 Å². The summed E-state index contributed by atoms with van der Waals surface area (Å²) in [6, 6.07) is 14.0. The molecule has 0 radical (unpaired) electrons. The predicted octanol–water partition coefficient (Wildman–Crippen LogP) is 5.10. The van der Waals surface area contributed by atoms with Gasteiger partial charge in [-0.15, -0.1) is 0 Å². The predicted molar refractivity (Wildman–Crippen MR) is 109 cm³/mol. The van der Waals surface area contributed by atoms with E-state index in [2.05, 4.69) is 4.90 Å². The maximum absolute atomic E-state index is 11.9. The number of nitro groups is 1. The van der Waals surface area contributed by atoms with Crippen LogP contribution in [0.25, 0.3) is 0 Å². The van der Waals surface area contributed by atoms with Gasteiger partial charge in [-0.3, -0.25) is 10.1 Å². The number of piperidine rings is 1. The van der Waals surface area contributed by atoms with Crippen molar-refractivity contribution in [1.29, 1.82) is 0 Å². The van der Waals surface area contributed by atoms with Gasteiger partial charge in [-0.05, 0) is 55.9 Å². The molecule has 0 amide bonds. The second-order valence-corrected chi connectivity index (χ2v) is 7.37. The molecule has 7 heteroatoms. The van der Waals surface area contributed by atoms with Crippen molar-refractivity contribution in [2.24, 2.45) is 5.92 Å². The zero-order chi connectivity index (χ0) is 19.9. The Morgan fingerprint density at radius 2 is 1.89 bits per heavy atom. The molecule has 1 saturated heterocycles. The second kappa shape index (κ2) is 9.55. The highest BCUT2D eigenvalue weighted by Crippen LogP contribution is 2.32. The lowest BCUT2D eigenvalue weighted by Gasteiger charge is -2.33. The Bertz CT molecular complexity index is 820. The fourth-order valence-corrected chi connectivity index (χ4v) is 3.70. The molecule has 1 aliphatic rings. The van der Waals surface area contributed by atoms with Crippen molar-refractivity contribution in [2.75, 3.05) is 24.6 Å². The molecule has 0 bridgehead atoms. The number of nitrogens with zero attached hydrogens (tertiary/aromatic N) is 2. The quantitative estimate of drug-likeness (QED) is 0.279. The van der Waals surface area contributed by atoms with Crippen molar-refractivity contribution in [2.45, 2.75) is 25.7 Å². The van der Waals surface area contributed by atoms with E-state index < -0.39 is 4.92 Å². The number of benzene rings is 2. The van der Waals surface area contributed by atoms with E-state index in [4.69, 9.17) is 16.3 Å². The number of carbonyl (C=O) groups excluding carboxylic acids is 1. The molecule has 3 rings (SSSR count). The van der Waals surface area contributed by atoms with Crippen LogP contribution in [0.2, 0.25) is 5.02 Å². The molecule has 0 saturated carbocycles. The highest BCUT2D eigenvalue weighted by Gasteiger charge is 2.22. The van der Waals surface area contributed by atoms with Gasteiger partial charge in [-0.1, -0.05) is 29.8 Å². The van der Waals surface area contributed by atoms with E-state index in [0.717, 1.165) is 44.5 Å². The van der Waals surface area contributed by atoms with Gasteiger partial charge in [-0.25, -0.2) is 4.79 Å². The minimum absolute atomic E-state index is 0.0541. The number of ether oxygens (including phenoxy) is 1. The van der Waals surface area contributed by atoms with E-state index in [1.54, 1.807) is 24.3 Å². The summed E-state index contributed by atoms with van der Waals surface area (Å²) in [5.41, 5.74) is 1.36. The summed E-state index contributed by atoms with van der Waals surface area (Å²) in [6.07, 6.45) is 3.89. The van der Waals surface area contributed by atoms with Crippen molar-refractivity contribution in [1.82, 2.24) is 0 Å². The topological polar surface area (TPSA) is 72.7 Å². The highest BCUT2D eigenvalue weighted by atomic mass is 35.5. The molecule has 0 N–H and O–H groups in total. The summed E-state index contributed by atoms with van der Waals surface area (Å²) in [7, 11) is 0. The molecule has 0 unspecified atom stereocenters. The van der Waals surface area contributed by atoms with E-state index in [9.17, 15) is 14.9 Å². The number of hydrogen-bond acceptors (Lipinski definition) is 5. The molecule has 1 aliphatic heterocycles. The number of nitro benzene ring substituents is 1. The zero-order valence-electron chi connectivity index (χ0n) is 15.6. The molecule has 28 heavy (non-hydrogen) atoms. The first-order valence-electron chi connectivity index (χ1n) is 9.45. The third kappa shape index (κ3) is 5.23. The third-order valence-corrected chi connectivity index (χ3v) is 5.43. The lowest BCUT2D eigenvalue weighted by Crippen LogP contribution is -2.33. The highest BCUT2D eigenvalue weighted by molar-refractivity contribution is 6.32. The Hall–Kier alpha value is -2.60. The van der Waals surface area contributed by atoms with Crippen LogP contribution in [-0.2, 0) is 4.74 Å². The van der Waals surface area contributed by atoms with E-state index in [0.29, 0.717) is 18.1 Å². The van der Waals surface area contributed by atoms with Gasteiger partial charge >= 0.3 is 5.97 Å². The van der Waals surface area contributed by atoms with E-state index in [1.165, 1.54) is 0 Å². The van der Waals surface area contributed by atoms with E-state index in [1.807, 2.05) is 24.3 Å². The van der Waals surface area contributed by atoms with Gasteiger partial charge in [0.15, 0.2) is 0 Å². The van der Waals surface area contributed by atoms with Gasteiger partial charge < -0.3 is 9.64 Å². The Kier molecular flexibility index (Phi) is 6.87.